The van der Waals surface area contributed by atoms with Crippen molar-refractivity contribution in [3.8, 4) is 11.5 Å². The van der Waals surface area contributed by atoms with Gasteiger partial charge in [0, 0.05) is 0 Å². The van der Waals surface area contributed by atoms with Crippen LogP contribution in [0.25, 0.3) is 0 Å². The minimum atomic E-state index is -0.853. The summed E-state index contributed by atoms with van der Waals surface area (Å²) in [6.45, 7) is 1.61. The highest BCUT2D eigenvalue weighted by Crippen LogP contribution is 2.31. The molecule has 0 fully saturated rings. The maximum atomic E-state index is 12.0. The normalized spacial score (nSPS) is 18.9. The van der Waals surface area contributed by atoms with E-state index in [1.165, 1.54) is 14.0 Å². The highest BCUT2D eigenvalue weighted by atomic mass is 16.6. The molecule has 0 aliphatic carbocycles. The number of esters is 1. The van der Waals surface area contributed by atoms with Crippen LogP contribution in [0.4, 0.5) is 0 Å². The standard InChI is InChI=1S/C13H14O5/c1-8(13(15)16-2)12(14)11-7-17-9-5-3-4-6-10(9)18-11/h3-6,8,11H,7H2,1-2H3. The molecule has 0 saturated carbocycles. The average molecular weight is 250 g/mol. The van der Waals surface area contributed by atoms with E-state index in [2.05, 4.69) is 4.74 Å². The summed E-state index contributed by atoms with van der Waals surface area (Å²) < 4.78 is 15.5. The number of ketones is 1. The Hall–Kier alpha value is -2.04. The molecule has 1 aliphatic heterocycles. The molecule has 0 N–H and O–H groups in total. The first-order valence-corrected chi connectivity index (χ1v) is 5.63. The fourth-order valence-corrected chi connectivity index (χ4v) is 1.73. The van der Waals surface area contributed by atoms with Crippen LogP contribution in [0.3, 0.4) is 0 Å². The van der Waals surface area contributed by atoms with Crippen molar-refractivity contribution in [1.82, 2.24) is 0 Å². The molecular weight excluding hydrogens is 236 g/mol. The third-order valence-electron chi connectivity index (χ3n) is 2.81. The van der Waals surface area contributed by atoms with Gasteiger partial charge in [-0.1, -0.05) is 12.1 Å². The van der Waals surface area contributed by atoms with Gasteiger partial charge in [0.25, 0.3) is 0 Å². The number of hydrogen-bond donors (Lipinski definition) is 0. The molecule has 1 heterocycles. The smallest absolute Gasteiger partial charge is 0.316 e. The summed E-state index contributed by atoms with van der Waals surface area (Å²) in [5.41, 5.74) is 0. The Morgan fingerprint density at radius 3 is 2.67 bits per heavy atom. The van der Waals surface area contributed by atoms with Gasteiger partial charge in [-0.3, -0.25) is 9.59 Å². The largest absolute Gasteiger partial charge is 0.485 e. The molecule has 0 spiro atoms. The number of benzene rings is 1. The zero-order valence-electron chi connectivity index (χ0n) is 10.2. The predicted molar refractivity (Wildman–Crippen MR) is 62.5 cm³/mol. The van der Waals surface area contributed by atoms with Crippen LogP contribution in [-0.2, 0) is 14.3 Å². The van der Waals surface area contributed by atoms with Crippen molar-refractivity contribution in [2.45, 2.75) is 13.0 Å². The van der Waals surface area contributed by atoms with Gasteiger partial charge in [0.05, 0.1) is 7.11 Å². The van der Waals surface area contributed by atoms with Crippen molar-refractivity contribution in [2.24, 2.45) is 5.92 Å². The molecule has 1 aromatic rings. The van der Waals surface area contributed by atoms with E-state index in [1.807, 2.05) is 6.07 Å². The van der Waals surface area contributed by atoms with Crippen molar-refractivity contribution in [2.75, 3.05) is 13.7 Å². The van der Waals surface area contributed by atoms with Crippen molar-refractivity contribution in [3.63, 3.8) is 0 Å². The molecule has 2 unspecified atom stereocenters. The summed E-state index contributed by atoms with van der Waals surface area (Å²) >= 11 is 0. The lowest BCUT2D eigenvalue weighted by Crippen LogP contribution is -2.41. The van der Waals surface area contributed by atoms with Crippen molar-refractivity contribution >= 4 is 11.8 Å². The molecule has 0 radical (unpaired) electrons. The van der Waals surface area contributed by atoms with Crippen LogP contribution < -0.4 is 9.47 Å². The first-order valence-electron chi connectivity index (χ1n) is 5.63. The van der Waals surface area contributed by atoms with E-state index in [0.29, 0.717) is 11.5 Å². The van der Waals surface area contributed by atoms with E-state index in [9.17, 15) is 9.59 Å². The van der Waals surface area contributed by atoms with E-state index in [1.54, 1.807) is 18.2 Å². The zero-order valence-corrected chi connectivity index (χ0v) is 10.2. The maximum Gasteiger partial charge on any atom is 0.316 e. The number of methoxy groups -OCH3 is 1. The Kier molecular flexibility index (Phi) is 3.50. The Labute approximate surface area is 105 Å². The lowest BCUT2D eigenvalue weighted by molar-refractivity contribution is -0.151. The number of carbonyl (C=O) groups is 2. The third-order valence-corrected chi connectivity index (χ3v) is 2.81. The Bertz CT molecular complexity index is 468. The Morgan fingerprint density at radius 1 is 1.33 bits per heavy atom. The first kappa shape index (κ1) is 12.4. The van der Waals surface area contributed by atoms with Gasteiger partial charge in [-0.05, 0) is 19.1 Å². The van der Waals surface area contributed by atoms with Crippen LogP contribution in [0.5, 0.6) is 11.5 Å². The Morgan fingerprint density at radius 2 is 2.00 bits per heavy atom. The summed E-state index contributed by atoms with van der Waals surface area (Å²) in [7, 11) is 1.25. The van der Waals surface area contributed by atoms with E-state index >= 15 is 0 Å². The molecule has 0 saturated heterocycles. The van der Waals surface area contributed by atoms with Crippen LogP contribution in [-0.4, -0.2) is 31.6 Å². The summed E-state index contributed by atoms with van der Waals surface area (Å²) in [4.78, 5) is 23.3. The molecule has 0 bridgehead atoms. The second kappa shape index (κ2) is 5.08. The minimum Gasteiger partial charge on any atom is -0.485 e. The van der Waals surface area contributed by atoms with Crippen molar-refractivity contribution in [1.29, 1.82) is 0 Å². The lowest BCUT2D eigenvalue weighted by Gasteiger charge is -2.26. The predicted octanol–water partition coefficient (Wildman–Crippen LogP) is 1.20. The fraction of sp³-hybridized carbons (Fsp3) is 0.385. The molecule has 0 aromatic heterocycles. The van der Waals surface area contributed by atoms with E-state index in [0.717, 1.165) is 0 Å². The van der Waals surface area contributed by atoms with Gasteiger partial charge in [0.2, 0.25) is 0 Å². The number of para-hydroxylation sites is 2. The third kappa shape index (κ3) is 2.30. The summed E-state index contributed by atoms with van der Waals surface area (Å²) in [6.07, 6.45) is -0.769. The number of hydrogen-bond acceptors (Lipinski definition) is 5. The van der Waals surface area contributed by atoms with Gasteiger partial charge in [0.15, 0.2) is 23.4 Å². The number of rotatable bonds is 3. The minimum absolute atomic E-state index is 0.108. The van der Waals surface area contributed by atoms with Gasteiger partial charge in [-0.2, -0.15) is 0 Å². The maximum absolute atomic E-state index is 12.0. The number of Topliss-reactive ketones (excluding diaryl/α,β-unsaturated/α-hetero) is 1. The molecule has 0 amide bonds. The molecule has 5 nitrogen and oxygen atoms in total. The fourth-order valence-electron chi connectivity index (χ4n) is 1.73. The molecule has 18 heavy (non-hydrogen) atoms. The zero-order chi connectivity index (χ0) is 13.1. The quantitative estimate of drug-likeness (QED) is 0.596. The Balaban J connectivity index is 2.09. The van der Waals surface area contributed by atoms with Crippen molar-refractivity contribution in [3.05, 3.63) is 24.3 Å². The number of ether oxygens (including phenoxy) is 3. The number of carbonyl (C=O) groups excluding carboxylic acids is 2. The summed E-state index contributed by atoms with van der Waals surface area (Å²) in [5, 5.41) is 0. The molecule has 5 heteroatoms. The molecule has 1 aliphatic rings. The van der Waals surface area contributed by atoms with Crippen LogP contribution in [0, 0.1) is 5.92 Å². The lowest BCUT2D eigenvalue weighted by atomic mass is 10.0. The highest BCUT2D eigenvalue weighted by molar-refractivity contribution is 6.01. The molecule has 1 aromatic carbocycles. The number of fused-ring (bicyclic) bond motifs is 1. The van der Waals surface area contributed by atoms with Gasteiger partial charge in [0.1, 0.15) is 12.5 Å². The second-order valence-electron chi connectivity index (χ2n) is 4.01. The van der Waals surface area contributed by atoms with E-state index < -0.39 is 18.0 Å². The van der Waals surface area contributed by atoms with E-state index in [4.69, 9.17) is 9.47 Å². The van der Waals surface area contributed by atoms with Gasteiger partial charge in [-0.25, -0.2) is 0 Å². The van der Waals surface area contributed by atoms with Crippen LogP contribution in [0.2, 0.25) is 0 Å². The van der Waals surface area contributed by atoms with Gasteiger partial charge < -0.3 is 14.2 Å². The average Bonchev–Trinajstić information content (AvgIpc) is 2.44. The monoisotopic (exact) mass is 250 g/mol. The van der Waals surface area contributed by atoms with Crippen LogP contribution in [0.1, 0.15) is 6.92 Å². The summed E-state index contributed by atoms with van der Waals surface area (Å²) in [5.74, 6) is -0.640. The highest BCUT2D eigenvalue weighted by Gasteiger charge is 2.34. The van der Waals surface area contributed by atoms with Crippen LogP contribution in [0.15, 0.2) is 24.3 Å². The van der Waals surface area contributed by atoms with Gasteiger partial charge in [-0.15, -0.1) is 0 Å². The SMILES string of the molecule is COC(=O)C(C)C(=O)C1COc2ccccc2O1. The molecule has 96 valence electrons. The van der Waals surface area contributed by atoms with Crippen molar-refractivity contribution < 1.29 is 23.8 Å². The van der Waals surface area contributed by atoms with E-state index in [-0.39, 0.29) is 12.4 Å². The summed E-state index contributed by atoms with van der Waals surface area (Å²) in [6, 6.07) is 7.09. The molecule has 2 atom stereocenters. The molecule has 2 rings (SSSR count). The van der Waals surface area contributed by atoms with Crippen LogP contribution >= 0.6 is 0 Å². The first-order chi connectivity index (χ1) is 8.63. The molecular formula is C13H14O5. The topological polar surface area (TPSA) is 61.8 Å². The second-order valence-corrected chi connectivity index (χ2v) is 4.01. The van der Waals surface area contributed by atoms with Gasteiger partial charge >= 0.3 is 5.97 Å².